The van der Waals surface area contributed by atoms with Crippen LogP contribution in [0.4, 0.5) is 9.59 Å². The van der Waals surface area contributed by atoms with Crippen LogP contribution in [0.5, 0.6) is 0 Å². The zero-order valence-electron chi connectivity index (χ0n) is 8.31. The van der Waals surface area contributed by atoms with E-state index in [9.17, 15) is 9.59 Å². The molecule has 0 aliphatic carbocycles. The summed E-state index contributed by atoms with van der Waals surface area (Å²) in [6.07, 6.45) is -1.70. The molecule has 6 heteroatoms. The third-order valence-corrected chi connectivity index (χ3v) is 0.578. The predicted octanol–water partition coefficient (Wildman–Crippen LogP) is 2.30. The average molecular weight is 206 g/mol. The molecule has 14 heavy (non-hydrogen) atoms. The molecule has 82 valence electrons. The number of hydrogen-bond acceptors (Lipinski definition) is 4. The molecule has 0 atom stereocenters. The van der Waals surface area contributed by atoms with Crippen LogP contribution in [-0.2, 0) is 9.47 Å². The SMILES string of the molecule is C=COC(=O)O.CC(C)(C)OC(=O)O. The topological polar surface area (TPSA) is 93.1 Å². The van der Waals surface area contributed by atoms with Crippen molar-refractivity contribution in [2.75, 3.05) is 0 Å². The van der Waals surface area contributed by atoms with Gasteiger partial charge in [-0.15, -0.1) is 0 Å². The molecule has 0 rings (SSSR count). The first-order valence-electron chi connectivity index (χ1n) is 3.61. The molecule has 6 nitrogen and oxygen atoms in total. The lowest BCUT2D eigenvalue weighted by atomic mass is 10.2. The van der Waals surface area contributed by atoms with Gasteiger partial charge in [-0.2, -0.15) is 0 Å². The molecular weight excluding hydrogens is 192 g/mol. The maximum atomic E-state index is 9.79. The highest BCUT2D eigenvalue weighted by Gasteiger charge is 2.13. The minimum Gasteiger partial charge on any atom is -0.450 e. The number of carboxylic acid groups (broad SMARTS) is 2. The molecule has 0 aromatic heterocycles. The maximum Gasteiger partial charge on any atom is 0.510 e. The second-order valence-electron chi connectivity index (χ2n) is 3.03. The molecular formula is C8H14O6. The van der Waals surface area contributed by atoms with E-state index >= 15 is 0 Å². The third kappa shape index (κ3) is 22.4. The Morgan fingerprint density at radius 2 is 1.64 bits per heavy atom. The first-order chi connectivity index (χ1) is 6.19. The van der Waals surface area contributed by atoms with Crippen molar-refractivity contribution in [3.05, 3.63) is 12.8 Å². The zero-order chi connectivity index (χ0) is 11.8. The largest absolute Gasteiger partial charge is 0.510 e. The summed E-state index contributed by atoms with van der Waals surface area (Å²) in [7, 11) is 0. The Morgan fingerprint density at radius 3 is 1.64 bits per heavy atom. The molecule has 0 bridgehead atoms. The van der Waals surface area contributed by atoms with Crippen molar-refractivity contribution >= 4 is 12.3 Å². The predicted molar refractivity (Wildman–Crippen MR) is 48.2 cm³/mol. The Bertz CT molecular complexity index is 202. The van der Waals surface area contributed by atoms with E-state index in [1.54, 1.807) is 20.8 Å². The van der Waals surface area contributed by atoms with E-state index in [2.05, 4.69) is 16.1 Å². The lowest BCUT2D eigenvalue weighted by Crippen LogP contribution is -2.22. The van der Waals surface area contributed by atoms with E-state index in [1.807, 2.05) is 0 Å². The van der Waals surface area contributed by atoms with Gasteiger partial charge >= 0.3 is 12.3 Å². The van der Waals surface area contributed by atoms with Gasteiger partial charge in [0.2, 0.25) is 0 Å². The highest BCUT2D eigenvalue weighted by atomic mass is 16.7. The Hall–Kier alpha value is -1.72. The smallest absolute Gasteiger partial charge is 0.450 e. The standard InChI is InChI=1S/C5H10O3.C3H4O3/c1-5(2,3)8-4(6)7;1-2-6-3(4)5/h1-3H3,(H,6,7);2H,1H2,(H,4,5). The fourth-order valence-electron chi connectivity index (χ4n) is 0.333. The average Bonchev–Trinajstić information content (AvgIpc) is 1.80. The summed E-state index contributed by atoms with van der Waals surface area (Å²) in [5.41, 5.74) is -0.578. The quantitative estimate of drug-likeness (QED) is 0.505. The Morgan fingerprint density at radius 1 is 1.21 bits per heavy atom. The summed E-state index contributed by atoms with van der Waals surface area (Å²) in [4.78, 5) is 19.1. The van der Waals surface area contributed by atoms with E-state index in [0.717, 1.165) is 6.26 Å². The van der Waals surface area contributed by atoms with E-state index < -0.39 is 17.9 Å². The van der Waals surface area contributed by atoms with Gasteiger partial charge in [-0.1, -0.05) is 6.58 Å². The van der Waals surface area contributed by atoms with Crippen LogP contribution in [0.1, 0.15) is 20.8 Å². The van der Waals surface area contributed by atoms with Gasteiger partial charge in [0.15, 0.2) is 0 Å². The second-order valence-corrected chi connectivity index (χ2v) is 3.03. The second kappa shape index (κ2) is 6.76. The lowest BCUT2D eigenvalue weighted by molar-refractivity contribution is 0.0150. The van der Waals surface area contributed by atoms with E-state index in [4.69, 9.17) is 10.2 Å². The van der Waals surface area contributed by atoms with Gasteiger partial charge in [0.05, 0.1) is 6.26 Å². The molecule has 2 N–H and O–H groups in total. The molecule has 0 saturated heterocycles. The van der Waals surface area contributed by atoms with Crippen molar-refractivity contribution in [1.82, 2.24) is 0 Å². The highest BCUT2D eigenvalue weighted by Crippen LogP contribution is 2.05. The normalized spacial score (nSPS) is 9.07. The lowest BCUT2D eigenvalue weighted by Gasteiger charge is -2.15. The summed E-state index contributed by atoms with van der Waals surface area (Å²) in [5, 5.41) is 15.6. The van der Waals surface area contributed by atoms with Crippen LogP contribution in [-0.4, -0.2) is 28.1 Å². The van der Waals surface area contributed by atoms with Crippen molar-refractivity contribution in [1.29, 1.82) is 0 Å². The van der Waals surface area contributed by atoms with Crippen LogP contribution >= 0.6 is 0 Å². The Kier molecular flexibility index (Phi) is 7.14. The van der Waals surface area contributed by atoms with Crippen LogP contribution in [0, 0.1) is 0 Å². The van der Waals surface area contributed by atoms with Gasteiger partial charge in [-0.25, -0.2) is 9.59 Å². The Labute approximate surface area is 81.7 Å². The first-order valence-corrected chi connectivity index (χ1v) is 3.61. The third-order valence-electron chi connectivity index (χ3n) is 0.578. The molecule has 0 aliphatic heterocycles. The fourth-order valence-corrected chi connectivity index (χ4v) is 0.333. The first kappa shape index (κ1) is 14.8. The van der Waals surface area contributed by atoms with Crippen molar-refractivity contribution < 1.29 is 29.3 Å². The van der Waals surface area contributed by atoms with Crippen molar-refractivity contribution in [3.8, 4) is 0 Å². The monoisotopic (exact) mass is 206 g/mol. The highest BCUT2D eigenvalue weighted by molar-refractivity contribution is 5.57. The number of hydrogen-bond donors (Lipinski definition) is 2. The van der Waals surface area contributed by atoms with Gasteiger partial charge in [-0.05, 0) is 20.8 Å². The summed E-state index contributed by atoms with van der Waals surface area (Å²) in [6.45, 7) is 8.04. The molecule has 0 saturated carbocycles. The van der Waals surface area contributed by atoms with E-state index in [1.165, 1.54) is 0 Å². The van der Waals surface area contributed by atoms with Crippen molar-refractivity contribution in [2.45, 2.75) is 26.4 Å². The molecule has 0 amide bonds. The minimum atomic E-state index is -1.33. The van der Waals surface area contributed by atoms with E-state index in [0.29, 0.717) is 0 Å². The zero-order valence-corrected chi connectivity index (χ0v) is 8.31. The minimum absolute atomic E-state index is 0.578. The molecule has 0 aliphatic rings. The van der Waals surface area contributed by atoms with Gasteiger partial charge in [0.25, 0.3) is 0 Å². The van der Waals surface area contributed by atoms with Crippen LogP contribution < -0.4 is 0 Å². The molecule has 0 radical (unpaired) electrons. The number of carbonyl (C=O) groups is 2. The fraction of sp³-hybridized carbons (Fsp3) is 0.500. The van der Waals surface area contributed by atoms with Crippen LogP contribution in [0.15, 0.2) is 12.8 Å². The van der Waals surface area contributed by atoms with Gasteiger partial charge in [0, 0.05) is 0 Å². The van der Waals surface area contributed by atoms with Crippen molar-refractivity contribution in [2.24, 2.45) is 0 Å². The number of rotatable bonds is 1. The summed E-state index contributed by atoms with van der Waals surface area (Å²) < 4.78 is 8.08. The molecule has 0 unspecified atom stereocenters. The maximum absolute atomic E-state index is 9.79. The van der Waals surface area contributed by atoms with E-state index in [-0.39, 0.29) is 0 Å². The van der Waals surface area contributed by atoms with Gasteiger partial charge in [-0.3, -0.25) is 0 Å². The molecule has 0 heterocycles. The van der Waals surface area contributed by atoms with Crippen LogP contribution in [0.3, 0.4) is 0 Å². The number of ether oxygens (including phenoxy) is 2. The molecule has 0 spiro atoms. The van der Waals surface area contributed by atoms with Crippen LogP contribution in [0.25, 0.3) is 0 Å². The van der Waals surface area contributed by atoms with Gasteiger partial charge < -0.3 is 19.7 Å². The van der Waals surface area contributed by atoms with Crippen LogP contribution in [0.2, 0.25) is 0 Å². The van der Waals surface area contributed by atoms with Gasteiger partial charge in [0.1, 0.15) is 5.60 Å². The summed E-state index contributed by atoms with van der Waals surface area (Å²) in [5.74, 6) is 0. The molecule has 0 aromatic rings. The summed E-state index contributed by atoms with van der Waals surface area (Å²) in [6, 6.07) is 0. The van der Waals surface area contributed by atoms with Crippen molar-refractivity contribution in [3.63, 3.8) is 0 Å². The summed E-state index contributed by atoms with van der Waals surface area (Å²) >= 11 is 0. The molecule has 0 aromatic carbocycles. The molecule has 0 fully saturated rings. The Balaban J connectivity index is 0.